The summed E-state index contributed by atoms with van der Waals surface area (Å²) in [5.41, 5.74) is -0.571. The molecule has 3 nitrogen and oxygen atoms in total. The van der Waals surface area contributed by atoms with Crippen molar-refractivity contribution in [1.29, 1.82) is 0 Å². The van der Waals surface area contributed by atoms with Gasteiger partial charge in [0.1, 0.15) is 6.29 Å². The van der Waals surface area contributed by atoms with Crippen LogP contribution in [-0.4, -0.2) is 17.4 Å². The van der Waals surface area contributed by atoms with Gasteiger partial charge in [-0.1, -0.05) is 11.6 Å². The van der Waals surface area contributed by atoms with Gasteiger partial charge < -0.3 is 5.11 Å². The molecule has 0 aliphatic carbocycles. The molecular weight excluding hydrogens is 199 g/mol. The molecule has 0 aromatic heterocycles. The second-order valence-corrected chi connectivity index (χ2v) is 2.69. The summed E-state index contributed by atoms with van der Waals surface area (Å²) in [5, 5.41) is 8.12. The molecule has 5 heteroatoms. The van der Waals surface area contributed by atoms with Gasteiger partial charge in [0.15, 0.2) is 5.82 Å². The molecule has 1 aromatic rings. The zero-order valence-electron chi connectivity index (χ0n) is 6.25. The molecule has 13 heavy (non-hydrogen) atoms. The van der Waals surface area contributed by atoms with Crippen molar-refractivity contribution in [2.45, 2.75) is 0 Å². The molecule has 1 N–H and O–H groups in total. The maximum absolute atomic E-state index is 12.9. The first kappa shape index (κ1) is 9.67. The van der Waals surface area contributed by atoms with Crippen LogP contribution >= 0.6 is 11.6 Å². The molecule has 0 fully saturated rings. The summed E-state index contributed by atoms with van der Waals surface area (Å²) < 4.78 is 12.9. The van der Waals surface area contributed by atoms with E-state index in [1.54, 1.807) is 0 Å². The van der Waals surface area contributed by atoms with Crippen LogP contribution in [0.3, 0.4) is 0 Å². The fraction of sp³-hybridized carbons (Fsp3) is 0. The first-order chi connectivity index (χ1) is 6.06. The minimum absolute atomic E-state index is 0.0313. The molecule has 1 aromatic carbocycles. The lowest BCUT2D eigenvalue weighted by atomic mass is 10.1. The van der Waals surface area contributed by atoms with Crippen LogP contribution in [-0.2, 0) is 0 Å². The number of carbonyl (C=O) groups excluding carboxylic acids is 1. The van der Waals surface area contributed by atoms with Crippen LogP contribution in [0.4, 0.5) is 4.39 Å². The Morgan fingerprint density at radius 1 is 1.54 bits per heavy atom. The monoisotopic (exact) mass is 202 g/mol. The number of halogens is 2. The average Bonchev–Trinajstić information content (AvgIpc) is 2.09. The summed E-state index contributed by atoms with van der Waals surface area (Å²) >= 11 is 5.34. The summed E-state index contributed by atoms with van der Waals surface area (Å²) in [6, 6.07) is 1.99. The van der Waals surface area contributed by atoms with E-state index in [0.717, 1.165) is 12.1 Å². The molecule has 0 saturated carbocycles. The molecule has 68 valence electrons. The van der Waals surface area contributed by atoms with Crippen LogP contribution in [0.2, 0.25) is 5.02 Å². The third kappa shape index (κ3) is 1.84. The summed E-state index contributed by atoms with van der Waals surface area (Å²) in [6.07, 6.45) is 0.401. The molecule has 0 bridgehead atoms. The first-order valence-corrected chi connectivity index (χ1v) is 3.61. The second-order valence-electron chi connectivity index (χ2n) is 2.29. The highest BCUT2D eigenvalue weighted by Gasteiger charge is 2.14. The highest BCUT2D eigenvalue weighted by atomic mass is 35.5. The van der Waals surface area contributed by atoms with Gasteiger partial charge in [-0.15, -0.1) is 0 Å². The smallest absolute Gasteiger partial charge is 0.338 e. The summed E-state index contributed by atoms with van der Waals surface area (Å²) in [6.45, 7) is 0. The van der Waals surface area contributed by atoms with E-state index in [1.807, 2.05) is 0 Å². The molecular formula is C8H4ClFO3. The molecule has 0 aliphatic heterocycles. The van der Waals surface area contributed by atoms with Gasteiger partial charge in [-0.3, -0.25) is 4.79 Å². The van der Waals surface area contributed by atoms with E-state index >= 15 is 0 Å². The average molecular weight is 203 g/mol. The SMILES string of the molecule is O=Cc1cc(Cl)c(F)c(C(=O)O)c1. The van der Waals surface area contributed by atoms with Crippen LogP contribution < -0.4 is 0 Å². The number of benzene rings is 1. The Bertz CT molecular complexity index is 376. The van der Waals surface area contributed by atoms with Crippen molar-refractivity contribution < 1.29 is 19.1 Å². The Hall–Kier alpha value is -1.42. The number of carboxylic acids is 1. The number of hydrogen-bond donors (Lipinski definition) is 1. The third-order valence-electron chi connectivity index (χ3n) is 1.42. The Labute approximate surface area is 77.7 Å². The van der Waals surface area contributed by atoms with E-state index in [2.05, 4.69) is 0 Å². The maximum Gasteiger partial charge on any atom is 0.338 e. The Morgan fingerprint density at radius 3 is 2.62 bits per heavy atom. The molecule has 0 saturated heterocycles. The van der Waals surface area contributed by atoms with Crippen molar-refractivity contribution in [1.82, 2.24) is 0 Å². The first-order valence-electron chi connectivity index (χ1n) is 3.23. The third-order valence-corrected chi connectivity index (χ3v) is 1.69. The number of carbonyl (C=O) groups is 2. The molecule has 0 unspecified atom stereocenters. The zero-order chi connectivity index (χ0) is 10.0. The molecule has 0 amide bonds. The molecule has 0 radical (unpaired) electrons. The summed E-state index contributed by atoms with van der Waals surface area (Å²) in [7, 11) is 0. The van der Waals surface area contributed by atoms with Crippen molar-refractivity contribution in [2.75, 3.05) is 0 Å². The van der Waals surface area contributed by atoms with E-state index in [1.165, 1.54) is 0 Å². The lowest BCUT2D eigenvalue weighted by Crippen LogP contribution is -2.02. The van der Waals surface area contributed by atoms with E-state index < -0.39 is 17.3 Å². The maximum atomic E-state index is 12.9. The Balaban J connectivity index is 3.41. The van der Waals surface area contributed by atoms with Gasteiger partial charge in [0.05, 0.1) is 10.6 Å². The van der Waals surface area contributed by atoms with Gasteiger partial charge in [-0.05, 0) is 12.1 Å². The van der Waals surface area contributed by atoms with Crippen molar-refractivity contribution >= 4 is 23.9 Å². The van der Waals surface area contributed by atoms with Crippen molar-refractivity contribution in [3.05, 3.63) is 34.1 Å². The number of aromatic carboxylic acids is 1. The van der Waals surface area contributed by atoms with Gasteiger partial charge in [-0.2, -0.15) is 0 Å². The highest BCUT2D eigenvalue weighted by Crippen LogP contribution is 2.20. The summed E-state index contributed by atoms with van der Waals surface area (Å²) in [5.74, 6) is -2.48. The molecule has 0 heterocycles. The fourth-order valence-corrected chi connectivity index (χ4v) is 1.06. The zero-order valence-corrected chi connectivity index (χ0v) is 7.01. The normalized spacial score (nSPS) is 9.69. The highest BCUT2D eigenvalue weighted by molar-refractivity contribution is 6.31. The second kappa shape index (κ2) is 3.53. The van der Waals surface area contributed by atoms with Crippen molar-refractivity contribution in [3.8, 4) is 0 Å². The standard InChI is InChI=1S/C8H4ClFO3/c9-6-2-4(3-11)1-5(7(6)10)8(12)13/h1-3H,(H,12,13). The fourth-order valence-electron chi connectivity index (χ4n) is 0.834. The number of carboxylic acid groups (broad SMARTS) is 1. The minimum Gasteiger partial charge on any atom is -0.478 e. The van der Waals surface area contributed by atoms with Crippen molar-refractivity contribution in [3.63, 3.8) is 0 Å². The Morgan fingerprint density at radius 2 is 2.15 bits per heavy atom. The van der Waals surface area contributed by atoms with E-state index in [4.69, 9.17) is 16.7 Å². The minimum atomic E-state index is -1.46. The van der Waals surface area contributed by atoms with Crippen molar-refractivity contribution in [2.24, 2.45) is 0 Å². The molecule has 0 atom stereocenters. The predicted molar refractivity (Wildman–Crippen MR) is 43.8 cm³/mol. The lowest BCUT2D eigenvalue weighted by Gasteiger charge is -2.00. The topological polar surface area (TPSA) is 54.4 Å². The van der Waals surface area contributed by atoms with Crippen LogP contribution in [0, 0.1) is 5.82 Å². The van der Waals surface area contributed by atoms with Crippen LogP contribution in [0.1, 0.15) is 20.7 Å². The van der Waals surface area contributed by atoms with Gasteiger partial charge in [0.2, 0.25) is 0 Å². The molecule has 0 aliphatic rings. The largest absolute Gasteiger partial charge is 0.478 e. The van der Waals surface area contributed by atoms with E-state index in [-0.39, 0.29) is 10.6 Å². The van der Waals surface area contributed by atoms with Crippen LogP contribution in [0.15, 0.2) is 12.1 Å². The van der Waals surface area contributed by atoms with Gasteiger partial charge >= 0.3 is 5.97 Å². The Kier molecular flexibility index (Phi) is 2.63. The number of hydrogen-bond acceptors (Lipinski definition) is 2. The number of aldehydes is 1. The molecule has 0 spiro atoms. The van der Waals surface area contributed by atoms with E-state index in [0.29, 0.717) is 6.29 Å². The van der Waals surface area contributed by atoms with Gasteiger partial charge in [0.25, 0.3) is 0 Å². The number of rotatable bonds is 2. The summed E-state index contributed by atoms with van der Waals surface area (Å²) in [4.78, 5) is 20.7. The predicted octanol–water partition coefficient (Wildman–Crippen LogP) is 1.99. The lowest BCUT2D eigenvalue weighted by molar-refractivity contribution is 0.0692. The molecule has 1 rings (SSSR count). The van der Waals surface area contributed by atoms with Gasteiger partial charge in [-0.25, -0.2) is 9.18 Å². The quantitative estimate of drug-likeness (QED) is 0.747. The van der Waals surface area contributed by atoms with Crippen LogP contribution in [0.5, 0.6) is 0 Å². The van der Waals surface area contributed by atoms with Crippen LogP contribution in [0.25, 0.3) is 0 Å². The van der Waals surface area contributed by atoms with E-state index in [9.17, 15) is 14.0 Å². The van der Waals surface area contributed by atoms with Gasteiger partial charge in [0, 0.05) is 5.56 Å².